The number of anilines is 1. The highest BCUT2D eigenvalue weighted by Gasteiger charge is 2.01. The van der Waals surface area contributed by atoms with E-state index < -0.39 is 5.97 Å². The van der Waals surface area contributed by atoms with Gasteiger partial charge in [-0.15, -0.1) is 0 Å². The van der Waals surface area contributed by atoms with E-state index in [0.29, 0.717) is 17.1 Å². The zero-order chi connectivity index (χ0) is 9.84. The molecule has 0 saturated heterocycles. The molecule has 0 aliphatic rings. The maximum Gasteiger partial charge on any atom is 0.303 e. The van der Waals surface area contributed by atoms with Crippen LogP contribution in [0.4, 0.5) is 5.69 Å². The lowest BCUT2D eigenvalue weighted by atomic mass is 10.1. The normalized spacial score (nSPS) is 9.92. The molecular formula is C9H10ClNO2. The maximum atomic E-state index is 10.3. The summed E-state index contributed by atoms with van der Waals surface area (Å²) in [6, 6.07) is 5.16. The van der Waals surface area contributed by atoms with E-state index in [1.54, 1.807) is 18.2 Å². The van der Waals surface area contributed by atoms with Crippen LogP contribution in [-0.2, 0) is 11.2 Å². The summed E-state index contributed by atoms with van der Waals surface area (Å²) in [6.07, 6.45) is 0.593. The molecule has 1 aromatic carbocycles. The Kier molecular flexibility index (Phi) is 3.14. The van der Waals surface area contributed by atoms with E-state index in [1.807, 2.05) is 0 Å². The predicted molar refractivity (Wildman–Crippen MR) is 51.8 cm³/mol. The molecule has 3 nitrogen and oxygen atoms in total. The lowest BCUT2D eigenvalue weighted by molar-refractivity contribution is -0.136. The van der Waals surface area contributed by atoms with Crippen LogP contribution in [-0.4, -0.2) is 11.1 Å². The van der Waals surface area contributed by atoms with Crippen LogP contribution in [0.25, 0.3) is 0 Å². The van der Waals surface area contributed by atoms with Crippen LogP contribution in [0.15, 0.2) is 18.2 Å². The van der Waals surface area contributed by atoms with Crippen molar-refractivity contribution < 1.29 is 9.90 Å². The molecule has 0 aliphatic carbocycles. The van der Waals surface area contributed by atoms with Gasteiger partial charge in [-0.05, 0) is 24.1 Å². The third-order valence-corrected chi connectivity index (χ3v) is 2.02. The molecule has 0 aliphatic heterocycles. The molecule has 0 bridgehead atoms. The van der Waals surface area contributed by atoms with Crippen LogP contribution in [0.1, 0.15) is 12.0 Å². The van der Waals surface area contributed by atoms with E-state index in [-0.39, 0.29) is 6.42 Å². The van der Waals surface area contributed by atoms with Crippen LogP contribution >= 0.6 is 11.6 Å². The lowest BCUT2D eigenvalue weighted by Gasteiger charge is -2.01. The zero-order valence-corrected chi connectivity index (χ0v) is 7.71. The number of carbonyl (C=O) groups is 1. The molecule has 0 radical (unpaired) electrons. The summed E-state index contributed by atoms with van der Waals surface area (Å²) in [5.41, 5.74) is 6.90. The Morgan fingerprint density at radius 1 is 1.54 bits per heavy atom. The number of benzene rings is 1. The van der Waals surface area contributed by atoms with Gasteiger partial charge in [0.05, 0.1) is 10.7 Å². The smallest absolute Gasteiger partial charge is 0.303 e. The number of hydrogen-bond acceptors (Lipinski definition) is 2. The average Bonchev–Trinajstić information content (AvgIpc) is 2.07. The standard InChI is InChI=1S/C9H10ClNO2/c10-7-5-6(1-3-8(7)11)2-4-9(12)13/h1,3,5H,2,4,11H2,(H,12,13). The quantitative estimate of drug-likeness (QED) is 0.732. The molecule has 0 amide bonds. The molecule has 3 N–H and O–H groups in total. The van der Waals surface area contributed by atoms with Crippen molar-refractivity contribution in [1.29, 1.82) is 0 Å². The van der Waals surface area contributed by atoms with Crippen LogP contribution < -0.4 is 5.73 Å². The molecule has 0 fully saturated rings. The van der Waals surface area contributed by atoms with Crippen molar-refractivity contribution in [2.75, 3.05) is 5.73 Å². The van der Waals surface area contributed by atoms with Gasteiger partial charge in [-0.25, -0.2) is 0 Å². The van der Waals surface area contributed by atoms with Gasteiger partial charge in [0.1, 0.15) is 0 Å². The summed E-state index contributed by atoms with van der Waals surface area (Å²) in [4.78, 5) is 10.3. The fourth-order valence-corrected chi connectivity index (χ4v) is 1.18. The van der Waals surface area contributed by atoms with Crippen molar-refractivity contribution in [3.8, 4) is 0 Å². The lowest BCUT2D eigenvalue weighted by Crippen LogP contribution is -1.97. The Bertz CT molecular complexity index is 325. The Hall–Kier alpha value is -1.22. The fraction of sp³-hybridized carbons (Fsp3) is 0.222. The minimum Gasteiger partial charge on any atom is -0.481 e. The molecule has 70 valence electrons. The Morgan fingerprint density at radius 3 is 2.77 bits per heavy atom. The number of nitrogen functional groups attached to an aromatic ring is 1. The molecule has 0 spiro atoms. The highest BCUT2D eigenvalue weighted by Crippen LogP contribution is 2.20. The van der Waals surface area contributed by atoms with Gasteiger partial charge < -0.3 is 10.8 Å². The van der Waals surface area contributed by atoms with Gasteiger partial charge in [0.15, 0.2) is 0 Å². The molecule has 1 rings (SSSR count). The average molecular weight is 200 g/mol. The summed E-state index contributed by atoms with van der Waals surface area (Å²) in [5.74, 6) is -0.812. The Balaban J connectivity index is 2.68. The maximum absolute atomic E-state index is 10.3. The molecule has 13 heavy (non-hydrogen) atoms. The van der Waals surface area contributed by atoms with Gasteiger partial charge in [-0.3, -0.25) is 4.79 Å². The van der Waals surface area contributed by atoms with E-state index in [1.165, 1.54) is 0 Å². The Morgan fingerprint density at radius 2 is 2.23 bits per heavy atom. The zero-order valence-electron chi connectivity index (χ0n) is 6.96. The van der Waals surface area contributed by atoms with Crippen molar-refractivity contribution in [2.24, 2.45) is 0 Å². The first-order valence-corrected chi connectivity index (χ1v) is 4.23. The first-order chi connectivity index (χ1) is 6.09. The van der Waals surface area contributed by atoms with Crippen LogP contribution in [0, 0.1) is 0 Å². The molecule has 4 heteroatoms. The minimum absolute atomic E-state index is 0.111. The molecule has 0 saturated carbocycles. The van der Waals surface area contributed by atoms with Gasteiger partial charge in [-0.2, -0.15) is 0 Å². The predicted octanol–water partition coefficient (Wildman–Crippen LogP) is 1.94. The summed E-state index contributed by atoms with van der Waals surface area (Å²) >= 11 is 5.76. The molecular weight excluding hydrogens is 190 g/mol. The SMILES string of the molecule is Nc1ccc(CCC(=O)O)cc1Cl. The third kappa shape index (κ3) is 2.95. The molecule has 1 aromatic rings. The fourth-order valence-electron chi connectivity index (χ4n) is 0.977. The van der Waals surface area contributed by atoms with Crippen molar-refractivity contribution >= 4 is 23.3 Å². The van der Waals surface area contributed by atoms with E-state index in [9.17, 15) is 4.79 Å². The molecule has 0 heterocycles. The number of halogens is 1. The van der Waals surface area contributed by atoms with Crippen LogP contribution in [0.3, 0.4) is 0 Å². The number of nitrogens with two attached hydrogens (primary N) is 1. The first-order valence-electron chi connectivity index (χ1n) is 3.85. The number of aryl methyl sites for hydroxylation is 1. The van der Waals surface area contributed by atoms with E-state index in [4.69, 9.17) is 22.4 Å². The van der Waals surface area contributed by atoms with Crippen LogP contribution in [0.5, 0.6) is 0 Å². The summed E-state index contributed by atoms with van der Waals surface area (Å²) in [5, 5.41) is 8.92. The number of aliphatic carboxylic acids is 1. The third-order valence-electron chi connectivity index (χ3n) is 1.69. The second-order valence-electron chi connectivity index (χ2n) is 2.75. The van der Waals surface area contributed by atoms with Crippen molar-refractivity contribution in [3.63, 3.8) is 0 Å². The number of hydrogen-bond donors (Lipinski definition) is 2. The highest BCUT2D eigenvalue weighted by atomic mass is 35.5. The van der Waals surface area contributed by atoms with Gasteiger partial charge in [0.2, 0.25) is 0 Å². The van der Waals surface area contributed by atoms with Crippen molar-refractivity contribution in [2.45, 2.75) is 12.8 Å². The van der Waals surface area contributed by atoms with Crippen molar-refractivity contribution in [1.82, 2.24) is 0 Å². The largest absolute Gasteiger partial charge is 0.481 e. The van der Waals surface area contributed by atoms with Gasteiger partial charge in [0, 0.05) is 6.42 Å². The molecule has 0 unspecified atom stereocenters. The molecule has 0 aromatic heterocycles. The van der Waals surface area contributed by atoms with E-state index in [0.717, 1.165) is 5.56 Å². The second-order valence-corrected chi connectivity index (χ2v) is 3.16. The van der Waals surface area contributed by atoms with Crippen LogP contribution in [0.2, 0.25) is 5.02 Å². The first kappa shape index (κ1) is 9.86. The number of carboxylic acid groups (broad SMARTS) is 1. The van der Waals surface area contributed by atoms with Gasteiger partial charge in [-0.1, -0.05) is 17.7 Å². The number of rotatable bonds is 3. The highest BCUT2D eigenvalue weighted by molar-refractivity contribution is 6.33. The minimum atomic E-state index is -0.812. The summed E-state index contributed by atoms with van der Waals surface area (Å²) in [7, 11) is 0. The molecule has 0 atom stereocenters. The van der Waals surface area contributed by atoms with E-state index in [2.05, 4.69) is 0 Å². The van der Waals surface area contributed by atoms with Gasteiger partial charge >= 0.3 is 5.97 Å². The summed E-state index contributed by atoms with van der Waals surface area (Å²) in [6.45, 7) is 0. The van der Waals surface area contributed by atoms with Gasteiger partial charge in [0.25, 0.3) is 0 Å². The monoisotopic (exact) mass is 199 g/mol. The summed E-state index contributed by atoms with van der Waals surface area (Å²) < 4.78 is 0. The Labute approximate surface area is 81.1 Å². The topological polar surface area (TPSA) is 63.3 Å². The van der Waals surface area contributed by atoms with Crippen molar-refractivity contribution in [3.05, 3.63) is 28.8 Å². The number of carboxylic acids is 1. The van der Waals surface area contributed by atoms with E-state index >= 15 is 0 Å². The second kappa shape index (κ2) is 4.14.